The average Bonchev–Trinajstić information content (AvgIpc) is 2.71. The quantitative estimate of drug-likeness (QED) is 0.802. The fourth-order valence-corrected chi connectivity index (χ4v) is 2.67. The molecular formula is C13H24N2O3. The molecule has 1 amide bonds. The summed E-state index contributed by atoms with van der Waals surface area (Å²) in [6, 6.07) is 0.307. The van der Waals surface area contributed by atoms with Gasteiger partial charge in [0.1, 0.15) is 0 Å². The van der Waals surface area contributed by atoms with Crippen molar-refractivity contribution in [2.24, 2.45) is 0 Å². The second-order valence-corrected chi connectivity index (χ2v) is 5.32. The van der Waals surface area contributed by atoms with Crippen molar-refractivity contribution in [1.82, 2.24) is 9.80 Å². The highest BCUT2D eigenvalue weighted by atomic mass is 16.4. The van der Waals surface area contributed by atoms with E-state index in [1.54, 1.807) is 0 Å². The smallest absolute Gasteiger partial charge is 0.331 e. The molecule has 1 unspecified atom stereocenters. The number of likely N-dealkylation sites (tertiary alicyclic amines) is 1. The van der Waals surface area contributed by atoms with E-state index >= 15 is 0 Å². The maximum absolute atomic E-state index is 11.8. The Morgan fingerprint density at radius 2 is 2.06 bits per heavy atom. The number of hydrogen-bond donors (Lipinski definition) is 1. The number of carbonyl (C=O) groups excluding carboxylic acids is 1. The fraction of sp³-hybridized carbons (Fsp3) is 0.846. The molecule has 104 valence electrons. The Kier molecular flexibility index (Phi) is 4.73. The van der Waals surface area contributed by atoms with Gasteiger partial charge in [0.15, 0.2) is 5.54 Å². The molecule has 1 saturated heterocycles. The van der Waals surface area contributed by atoms with E-state index in [0.717, 1.165) is 13.0 Å². The van der Waals surface area contributed by atoms with Crippen molar-refractivity contribution in [3.8, 4) is 0 Å². The van der Waals surface area contributed by atoms with Gasteiger partial charge >= 0.3 is 5.97 Å². The Balaban J connectivity index is 3.01. The molecule has 0 saturated carbocycles. The summed E-state index contributed by atoms with van der Waals surface area (Å²) in [5.41, 5.74) is -1.04. The third-order valence-corrected chi connectivity index (χ3v) is 3.75. The molecule has 1 rings (SSSR count). The van der Waals surface area contributed by atoms with E-state index < -0.39 is 11.5 Å². The molecule has 0 aromatic carbocycles. The fourth-order valence-electron chi connectivity index (χ4n) is 2.67. The number of hydrogen-bond acceptors (Lipinski definition) is 3. The Bertz CT molecular complexity index is 330. The highest BCUT2D eigenvalue weighted by Gasteiger charge is 2.50. The van der Waals surface area contributed by atoms with Gasteiger partial charge in [-0.3, -0.25) is 9.69 Å². The van der Waals surface area contributed by atoms with Crippen molar-refractivity contribution < 1.29 is 14.7 Å². The standard InChI is InChI=1S/C13H24N2O3/c1-5-7-15(11(4)16)13(12(17)18)6-8-14(9-13)10(2)3/h10H,5-9H2,1-4H3,(H,17,18). The van der Waals surface area contributed by atoms with Crippen LogP contribution in [0.15, 0.2) is 0 Å². The molecule has 5 nitrogen and oxygen atoms in total. The molecule has 5 heteroatoms. The van der Waals surface area contributed by atoms with Crippen LogP contribution in [-0.2, 0) is 9.59 Å². The molecule has 0 radical (unpaired) electrons. The number of carbonyl (C=O) groups is 2. The summed E-state index contributed by atoms with van der Waals surface area (Å²) in [5.74, 6) is -1.03. The second kappa shape index (κ2) is 5.69. The molecule has 1 N–H and O–H groups in total. The number of carboxylic acid groups (broad SMARTS) is 1. The third-order valence-electron chi connectivity index (χ3n) is 3.75. The first-order valence-electron chi connectivity index (χ1n) is 6.60. The highest BCUT2D eigenvalue weighted by Crippen LogP contribution is 2.30. The zero-order valence-corrected chi connectivity index (χ0v) is 11.8. The van der Waals surface area contributed by atoms with Crippen molar-refractivity contribution in [1.29, 1.82) is 0 Å². The van der Waals surface area contributed by atoms with Crippen LogP contribution in [0.1, 0.15) is 40.5 Å². The Labute approximate surface area is 109 Å². The lowest BCUT2D eigenvalue weighted by molar-refractivity contribution is -0.158. The zero-order valence-electron chi connectivity index (χ0n) is 11.8. The summed E-state index contributed by atoms with van der Waals surface area (Å²) >= 11 is 0. The normalized spacial score (nSPS) is 24.5. The van der Waals surface area contributed by atoms with Gasteiger partial charge in [0.25, 0.3) is 0 Å². The van der Waals surface area contributed by atoms with Crippen LogP contribution >= 0.6 is 0 Å². The van der Waals surface area contributed by atoms with Gasteiger partial charge in [-0.15, -0.1) is 0 Å². The minimum Gasteiger partial charge on any atom is -0.479 e. The number of nitrogens with zero attached hydrogens (tertiary/aromatic N) is 2. The van der Waals surface area contributed by atoms with Crippen LogP contribution in [0.25, 0.3) is 0 Å². The maximum atomic E-state index is 11.8. The van der Waals surface area contributed by atoms with Crippen molar-refractivity contribution in [2.75, 3.05) is 19.6 Å². The van der Waals surface area contributed by atoms with Crippen LogP contribution < -0.4 is 0 Å². The molecular weight excluding hydrogens is 232 g/mol. The van der Waals surface area contributed by atoms with Crippen LogP contribution in [0, 0.1) is 0 Å². The number of aliphatic carboxylic acids is 1. The van der Waals surface area contributed by atoms with Gasteiger partial charge in [-0.25, -0.2) is 4.79 Å². The van der Waals surface area contributed by atoms with Gasteiger partial charge in [-0.05, 0) is 26.7 Å². The summed E-state index contributed by atoms with van der Waals surface area (Å²) < 4.78 is 0. The summed E-state index contributed by atoms with van der Waals surface area (Å²) in [7, 11) is 0. The number of rotatable bonds is 5. The van der Waals surface area contributed by atoms with Crippen molar-refractivity contribution in [3.05, 3.63) is 0 Å². The van der Waals surface area contributed by atoms with E-state index in [4.69, 9.17) is 0 Å². The van der Waals surface area contributed by atoms with E-state index in [1.807, 2.05) is 6.92 Å². The second-order valence-electron chi connectivity index (χ2n) is 5.32. The highest BCUT2D eigenvalue weighted by molar-refractivity contribution is 5.86. The van der Waals surface area contributed by atoms with Crippen LogP contribution in [0.2, 0.25) is 0 Å². The van der Waals surface area contributed by atoms with Gasteiger partial charge in [0.05, 0.1) is 0 Å². The average molecular weight is 256 g/mol. The van der Waals surface area contributed by atoms with E-state index in [9.17, 15) is 14.7 Å². The minimum absolute atomic E-state index is 0.148. The van der Waals surface area contributed by atoms with Gasteiger partial charge in [0.2, 0.25) is 5.91 Å². The van der Waals surface area contributed by atoms with Gasteiger partial charge < -0.3 is 10.0 Å². The van der Waals surface area contributed by atoms with Gasteiger partial charge in [-0.2, -0.15) is 0 Å². The van der Waals surface area contributed by atoms with Crippen LogP contribution in [0.5, 0.6) is 0 Å². The summed E-state index contributed by atoms with van der Waals surface area (Å²) in [6.07, 6.45) is 1.29. The molecule has 1 aliphatic heterocycles. The Morgan fingerprint density at radius 1 is 1.44 bits per heavy atom. The molecule has 1 heterocycles. The van der Waals surface area contributed by atoms with Crippen molar-refractivity contribution >= 4 is 11.9 Å². The largest absolute Gasteiger partial charge is 0.479 e. The third kappa shape index (κ3) is 2.66. The number of amides is 1. The Hall–Kier alpha value is -1.10. The molecule has 0 bridgehead atoms. The molecule has 0 aromatic rings. The molecule has 0 spiro atoms. The maximum Gasteiger partial charge on any atom is 0.331 e. The lowest BCUT2D eigenvalue weighted by atomic mass is 9.95. The molecule has 1 atom stereocenters. The minimum atomic E-state index is -1.04. The van der Waals surface area contributed by atoms with Gasteiger partial charge in [0, 0.05) is 32.6 Å². The number of carboxylic acids is 1. The van der Waals surface area contributed by atoms with Gasteiger partial charge in [-0.1, -0.05) is 6.92 Å². The molecule has 0 aromatic heterocycles. The monoisotopic (exact) mass is 256 g/mol. The molecule has 1 fully saturated rings. The zero-order chi connectivity index (χ0) is 13.9. The van der Waals surface area contributed by atoms with Crippen LogP contribution in [-0.4, -0.2) is 58.0 Å². The first-order valence-corrected chi connectivity index (χ1v) is 6.60. The van der Waals surface area contributed by atoms with E-state index in [2.05, 4.69) is 18.7 Å². The predicted octanol–water partition coefficient (Wildman–Crippen LogP) is 1.18. The summed E-state index contributed by atoms with van der Waals surface area (Å²) in [5, 5.41) is 9.59. The van der Waals surface area contributed by atoms with Crippen LogP contribution in [0.3, 0.4) is 0 Å². The summed E-state index contributed by atoms with van der Waals surface area (Å²) in [6.45, 7) is 9.19. The van der Waals surface area contributed by atoms with Crippen molar-refractivity contribution in [2.45, 2.75) is 52.1 Å². The van der Waals surface area contributed by atoms with E-state index in [1.165, 1.54) is 11.8 Å². The molecule has 1 aliphatic rings. The van der Waals surface area contributed by atoms with Crippen LogP contribution in [0.4, 0.5) is 0 Å². The molecule has 18 heavy (non-hydrogen) atoms. The lowest BCUT2D eigenvalue weighted by Gasteiger charge is -2.37. The molecule has 0 aliphatic carbocycles. The topological polar surface area (TPSA) is 60.9 Å². The van der Waals surface area contributed by atoms with E-state index in [-0.39, 0.29) is 5.91 Å². The SMILES string of the molecule is CCCN(C(C)=O)C1(C(=O)O)CCN(C(C)C)C1. The first-order chi connectivity index (χ1) is 8.35. The summed E-state index contributed by atoms with van der Waals surface area (Å²) in [4.78, 5) is 27.1. The first kappa shape index (κ1) is 15.0. The predicted molar refractivity (Wildman–Crippen MR) is 69.4 cm³/mol. The lowest BCUT2D eigenvalue weighted by Crippen LogP contribution is -2.58. The van der Waals surface area contributed by atoms with Crippen molar-refractivity contribution in [3.63, 3.8) is 0 Å². The van der Waals surface area contributed by atoms with E-state index in [0.29, 0.717) is 25.6 Å². The Morgan fingerprint density at radius 3 is 2.39 bits per heavy atom.